The lowest BCUT2D eigenvalue weighted by Crippen LogP contribution is -2.20. The number of nitro groups is 1. The summed E-state index contributed by atoms with van der Waals surface area (Å²) in [6.07, 6.45) is 2.02. The third-order valence-corrected chi connectivity index (χ3v) is 5.96. The maximum atomic E-state index is 12.8. The van der Waals surface area contributed by atoms with Gasteiger partial charge in [-0.1, -0.05) is 54.1 Å². The van der Waals surface area contributed by atoms with Crippen LogP contribution in [0.2, 0.25) is 5.02 Å². The first-order chi connectivity index (χ1) is 17.4. The average molecular weight is 503 g/mol. The third kappa shape index (κ3) is 4.49. The van der Waals surface area contributed by atoms with Crippen molar-refractivity contribution in [1.29, 1.82) is 0 Å². The van der Waals surface area contributed by atoms with Gasteiger partial charge in [0, 0.05) is 17.3 Å². The van der Waals surface area contributed by atoms with Gasteiger partial charge in [0.15, 0.2) is 0 Å². The number of ether oxygens (including phenoxy) is 1. The molecule has 4 aromatic rings. The van der Waals surface area contributed by atoms with E-state index in [1.165, 1.54) is 12.1 Å². The Kier molecular flexibility index (Phi) is 6.09. The van der Waals surface area contributed by atoms with Crippen molar-refractivity contribution < 1.29 is 14.5 Å². The molecular weight excluding hydrogens is 484 g/mol. The summed E-state index contributed by atoms with van der Waals surface area (Å²) in [4.78, 5) is 27.8. The van der Waals surface area contributed by atoms with Crippen LogP contribution in [0.1, 0.15) is 27.5 Å². The van der Waals surface area contributed by atoms with Gasteiger partial charge in [-0.15, -0.1) is 5.10 Å². The molecule has 1 amide bonds. The number of halogens is 1. The smallest absolute Gasteiger partial charge is 0.288 e. The molecule has 1 aliphatic heterocycles. The zero-order chi connectivity index (χ0) is 25.2. The van der Waals surface area contributed by atoms with Crippen LogP contribution in [0.3, 0.4) is 0 Å². The van der Waals surface area contributed by atoms with Gasteiger partial charge in [-0.2, -0.15) is 4.98 Å². The van der Waals surface area contributed by atoms with Crippen LogP contribution in [0, 0.1) is 10.1 Å². The number of carbonyl (C=O) groups excluding carboxylic acids is 1. The van der Waals surface area contributed by atoms with Crippen LogP contribution in [-0.2, 0) is 0 Å². The van der Waals surface area contributed by atoms with Gasteiger partial charge in [-0.25, -0.2) is 4.68 Å². The number of nitrogens with one attached hydrogen (secondary N) is 2. The lowest BCUT2D eigenvalue weighted by Gasteiger charge is -2.24. The number of allylic oxidation sites excluding steroid dienone is 1. The van der Waals surface area contributed by atoms with E-state index in [1.54, 1.807) is 11.8 Å². The zero-order valence-corrected chi connectivity index (χ0v) is 19.6. The van der Waals surface area contributed by atoms with E-state index in [2.05, 4.69) is 20.7 Å². The number of hydrogen-bond acceptors (Lipinski definition) is 7. The second-order valence-corrected chi connectivity index (χ2v) is 8.28. The molecule has 36 heavy (non-hydrogen) atoms. The molecule has 5 rings (SSSR count). The fourth-order valence-corrected chi connectivity index (χ4v) is 4.02. The molecule has 1 aromatic heterocycles. The second kappa shape index (κ2) is 9.51. The molecule has 1 unspecified atom stereocenters. The monoisotopic (exact) mass is 502 g/mol. The van der Waals surface area contributed by atoms with Crippen molar-refractivity contribution >= 4 is 40.8 Å². The molecule has 0 aliphatic carbocycles. The SMILES string of the molecule is COc1ccc(C2C=C(c3ccccc3)Nc3nc(NC(=O)c4ccc(Cl)c([N+](=O)[O-])c4)nn32)cc1. The van der Waals surface area contributed by atoms with Crippen molar-refractivity contribution in [2.45, 2.75) is 6.04 Å². The van der Waals surface area contributed by atoms with Crippen molar-refractivity contribution in [3.05, 3.63) is 111 Å². The predicted octanol–water partition coefficient (Wildman–Crippen LogP) is 5.16. The van der Waals surface area contributed by atoms with E-state index in [4.69, 9.17) is 16.3 Å². The highest BCUT2D eigenvalue weighted by Crippen LogP contribution is 2.34. The summed E-state index contributed by atoms with van der Waals surface area (Å²) < 4.78 is 6.94. The molecule has 11 heteroatoms. The summed E-state index contributed by atoms with van der Waals surface area (Å²) in [5.41, 5.74) is 2.43. The zero-order valence-electron chi connectivity index (χ0n) is 18.9. The maximum Gasteiger partial charge on any atom is 0.288 e. The molecular formula is C25H19ClN6O4. The van der Waals surface area contributed by atoms with E-state index in [1.807, 2.05) is 60.7 Å². The number of nitrogens with zero attached hydrogens (tertiary/aromatic N) is 4. The van der Waals surface area contributed by atoms with Gasteiger partial charge >= 0.3 is 0 Å². The second-order valence-electron chi connectivity index (χ2n) is 7.87. The maximum absolute atomic E-state index is 12.8. The van der Waals surface area contributed by atoms with E-state index >= 15 is 0 Å². The molecule has 1 atom stereocenters. The standard InChI is InChI=1S/C25H19ClN6O4/c1-36-18-10-7-16(8-11-18)21-14-20(15-5-3-2-4-6-15)27-25-29-24(30-31(21)25)28-23(33)17-9-12-19(26)22(13-17)32(34)35/h2-14,21H,1H3,(H2,27,28,29,30,33). The highest BCUT2D eigenvalue weighted by Gasteiger charge is 2.26. The van der Waals surface area contributed by atoms with Gasteiger partial charge in [-0.05, 0) is 41.5 Å². The number of nitro benzene ring substituents is 1. The number of carbonyl (C=O) groups is 1. The number of methoxy groups -OCH3 is 1. The third-order valence-electron chi connectivity index (χ3n) is 5.64. The first-order valence-corrected chi connectivity index (χ1v) is 11.2. The van der Waals surface area contributed by atoms with Crippen LogP contribution in [0.15, 0.2) is 78.9 Å². The number of amides is 1. The molecule has 180 valence electrons. The van der Waals surface area contributed by atoms with Crippen LogP contribution in [-0.4, -0.2) is 32.7 Å². The Balaban J connectivity index is 1.48. The number of hydrogen-bond donors (Lipinski definition) is 2. The van der Waals surface area contributed by atoms with Crippen molar-refractivity contribution in [2.24, 2.45) is 0 Å². The van der Waals surface area contributed by atoms with Crippen LogP contribution in [0.5, 0.6) is 5.75 Å². The van der Waals surface area contributed by atoms with Gasteiger partial charge in [0.1, 0.15) is 16.8 Å². The number of fused-ring (bicyclic) bond motifs is 1. The van der Waals surface area contributed by atoms with Gasteiger partial charge in [0.2, 0.25) is 5.95 Å². The van der Waals surface area contributed by atoms with Crippen LogP contribution >= 0.6 is 11.6 Å². The molecule has 0 bridgehead atoms. The summed E-state index contributed by atoms with van der Waals surface area (Å²) in [6.45, 7) is 0. The fraction of sp³-hybridized carbons (Fsp3) is 0.0800. The Morgan fingerprint density at radius 2 is 1.89 bits per heavy atom. The highest BCUT2D eigenvalue weighted by atomic mass is 35.5. The minimum atomic E-state index is -0.646. The Hall–Kier alpha value is -4.70. The van der Waals surface area contributed by atoms with Gasteiger partial charge in [-0.3, -0.25) is 20.2 Å². The molecule has 0 saturated carbocycles. The first-order valence-electron chi connectivity index (χ1n) is 10.8. The summed E-state index contributed by atoms with van der Waals surface area (Å²) in [5, 5.41) is 21.5. The van der Waals surface area contributed by atoms with Crippen LogP contribution in [0.4, 0.5) is 17.6 Å². The molecule has 0 saturated heterocycles. The lowest BCUT2D eigenvalue weighted by atomic mass is 10.0. The topological polar surface area (TPSA) is 124 Å². The van der Waals surface area contributed by atoms with Crippen LogP contribution in [0.25, 0.3) is 5.70 Å². The largest absolute Gasteiger partial charge is 0.497 e. The number of benzene rings is 3. The van der Waals surface area contributed by atoms with E-state index in [0.29, 0.717) is 5.95 Å². The van der Waals surface area contributed by atoms with Crippen molar-refractivity contribution in [2.75, 3.05) is 17.7 Å². The van der Waals surface area contributed by atoms with E-state index in [0.717, 1.165) is 28.6 Å². The first kappa shape index (κ1) is 23.1. The normalized spacial score (nSPS) is 14.3. The Labute approximate surface area is 210 Å². The molecule has 0 fully saturated rings. The minimum absolute atomic E-state index is 0.0429. The van der Waals surface area contributed by atoms with Gasteiger partial charge in [0.25, 0.3) is 17.5 Å². The van der Waals surface area contributed by atoms with E-state index in [-0.39, 0.29) is 28.3 Å². The molecule has 0 radical (unpaired) electrons. The lowest BCUT2D eigenvalue weighted by molar-refractivity contribution is -0.384. The Bertz CT molecular complexity index is 1480. The van der Waals surface area contributed by atoms with Crippen LogP contribution < -0.4 is 15.4 Å². The van der Waals surface area contributed by atoms with Crippen molar-refractivity contribution in [3.8, 4) is 5.75 Å². The summed E-state index contributed by atoms with van der Waals surface area (Å²) >= 11 is 5.86. The molecule has 3 aromatic carbocycles. The summed E-state index contributed by atoms with van der Waals surface area (Å²) in [5.74, 6) is 0.592. The molecule has 10 nitrogen and oxygen atoms in total. The van der Waals surface area contributed by atoms with Crippen molar-refractivity contribution in [3.63, 3.8) is 0 Å². The summed E-state index contributed by atoms with van der Waals surface area (Å²) in [6, 6.07) is 20.9. The molecule has 2 N–H and O–H groups in total. The minimum Gasteiger partial charge on any atom is -0.497 e. The molecule has 1 aliphatic rings. The quantitative estimate of drug-likeness (QED) is 0.276. The van der Waals surface area contributed by atoms with Crippen molar-refractivity contribution in [1.82, 2.24) is 14.8 Å². The Morgan fingerprint density at radius 3 is 2.58 bits per heavy atom. The highest BCUT2D eigenvalue weighted by molar-refractivity contribution is 6.32. The number of rotatable bonds is 6. The van der Waals surface area contributed by atoms with E-state index < -0.39 is 10.8 Å². The van der Waals surface area contributed by atoms with Gasteiger partial charge < -0.3 is 10.1 Å². The van der Waals surface area contributed by atoms with Gasteiger partial charge in [0.05, 0.1) is 12.0 Å². The number of anilines is 2. The fourth-order valence-electron chi connectivity index (χ4n) is 3.84. The molecule has 0 spiro atoms. The molecule has 2 heterocycles. The predicted molar refractivity (Wildman–Crippen MR) is 135 cm³/mol. The van der Waals surface area contributed by atoms with E-state index in [9.17, 15) is 14.9 Å². The summed E-state index contributed by atoms with van der Waals surface area (Å²) in [7, 11) is 1.60. The average Bonchev–Trinajstić information content (AvgIpc) is 3.31. The number of aromatic nitrogens is 3. The Morgan fingerprint density at radius 1 is 1.14 bits per heavy atom.